The molecule has 1 heterocycles. The van der Waals surface area contributed by atoms with E-state index in [1.165, 1.54) is 6.42 Å². The Labute approximate surface area is 73.9 Å². The quantitative estimate of drug-likeness (QED) is 0.664. The van der Waals surface area contributed by atoms with Crippen molar-refractivity contribution in [1.29, 1.82) is 0 Å². The maximum absolute atomic E-state index is 11.5. The molecule has 2 N–H and O–H groups in total. The first kappa shape index (κ1) is 9.52. The molecule has 1 aliphatic heterocycles. The van der Waals surface area contributed by atoms with E-state index >= 15 is 0 Å². The smallest absolute Gasteiger partial charge is 0.224 e. The monoisotopic (exact) mass is 170 g/mol. The molecule has 1 rings (SSSR count). The van der Waals surface area contributed by atoms with Gasteiger partial charge in [-0.3, -0.25) is 4.79 Å². The van der Waals surface area contributed by atoms with Gasteiger partial charge in [-0.15, -0.1) is 0 Å². The van der Waals surface area contributed by atoms with Crippen LogP contribution < -0.4 is 5.73 Å². The van der Waals surface area contributed by atoms with Gasteiger partial charge in [0.25, 0.3) is 0 Å². The molecule has 1 amide bonds. The number of carbonyl (C=O) groups excluding carboxylic acids is 1. The second kappa shape index (κ2) is 4.45. The van der Waals surface area contributed by atoms with Gasteiger partial charge in [-0.05, 0) is 26.2 Å². The molecule has 0 aromatic rings. The fourth-order valence-corrected chi connectivity index (χ4v) is 1.55. The number of piperidine rings is 1. The van der Waals surface area contributed by atoms with Gasteiger partial charge in [-0.25, -0.2) is 0 Å². The van der Waals surface area contributed by atoms with Crippen molar-refractivity contribution in [3.63, 3.8) is 0 Å². The highest BCUT2D eigenvalue weighted by Crippen LogP contribution is 2.10. The molecule has 3 nitrogen and oxygen atoms in total. The van der Waals surface area contributed by atoms with Crippen LogP contribution in [0.3, 0.4) is 0 Å². The van der Waals surface area contributed by atoms with Crippen molar-refractivity contribution in [2.24, 2.45) is 5.73 Å². The van der Waals surface area contributed by atoms with Gasteiger partial charge in [-0.2, -0.15) is 0 Å². The lowest BCUT2D eigenvalue weighted by Crippen LogP contribution is -2.38. The molecule has 1 saturated heterocycles. The summed E-state index contributed by atoms with van der Waals surface area (Å²) in [6, 6.07) is -0.000531. The maximum atomic E-state index is 11.5. The highest BCUT2D eigenvalue weighted by Gasteiger charge is 2.16. The summed E-state index contributed by atoms with van der Waals surface area (Å²) in [4.78, 5) is 13.4. The summed E-state index contributed by atoms with van der Waals surface area (Å²) in [5, 5.41) is 0. The first-order valence-corrected chi connectivity index (χ1v) is 4.73. The molecular formula is C9H18N2O. The van der Waals surface area contributed by atoms with Crippen LogP contribution in [-0.2, 0) is 4.79 Å². The molecule has 0 saturated carbocycles. The van der Waals surface area contributed by atoms with E-state index in [1.54, 1.807) is 0 Å². The zero-order valence-corrected chi connectivity index (χ0v) is 7.75. The van der Waals surface area contributed by atoms with Crippen LogP contribution in [0.4, 0.5) is 0 Å². The Kier molecular flexibility index (Phi) is 3.53. The van der Waals surface area contributed by atoms with E-state index in [4.69, 9.17) is 5.73 Å². The second-order valence-electron chi connectivity index (χ2n) is 3.62. The van der Waals surface area contributed by atoms with Gasteiger partial charge in [0.05, 0.1) is 0 Å². The van der Waals surface area contributed by atoms with Crippen molar-refractivity contribution < 1.29 is 4.79 Å². The number of hydrogen-bond donors (Lipinski definition) is 1. The summed E-state index contributed by atoms with van der Waals surface area (Å²) < 4.78 is 0. The molecule has 70 valence electrons. The lowest BCUT2D eigenvalue weighted by Gasteiger charge is -2.27. The molecule has 0 aliphatic carbocycles. The minimum Gasteiger partial charge on any atom is -0.343 e. The maximum Gasteiger partial charge on any atom is 0.224 e. The Balaban J connectivity index is 2.30. The third-order valence-corrected chi connectivity index (χ3v) is 2.21. The molecule has 1 atom stereocenters. The number of nitrogens with two attached hydrogens (primary N) is 1. The van der Waals surface area contributed by atoms with Crippen molar-refractivity contribution in [2.45, 2.75) is 38.6 Å². The SMILES string of the molecule is C[C@@H](N)CC(=O)N1CCCCC1. The molecule has 0 unspecified atom stereocenters. The van der Waals surface area contributed by atoms with Gasteiger partial charge in [0.15, 0.2) is 0 Å². The first-order chi connectivity index (χ1) is 5.70. The van der Waals surface area contributed by atoms with E-state index < -0.39 is 0 Å². The first-order valence-electron chi connectivity index (χ1n) is 4.73. The summed E-state index contributed by atoms with van der Waals surface area (Å²) in [5.41, 5.74) is 5.55. The second-order valence-corrected chi connectivity index (χ2v) is 3.62. The minimum absolute atomic E-state index is 0.000531. The van der Waals surface area contributed by atoms with Gasteiger partial charge in [-0.1, -0.05) is 0 Å². The van der Waals surface area contributed by atoms with E-state index in [1.807, 2.05) is 11.8 Å². The van der Waals surface area contributed by atoms with Gasteiger partial charge >= 0.3 is 0 Å². The standard InChI is InChI=1S/C9H18N2O/c1-8(10)7-9(12)11-5-3-2-4-6-11/h8H,2-7,10H2,1H3/t8-/m1/s1. The van der Waals surface area contributed by atoms with Crippen molar-refractivity contribution in [3.8, 4) is 0 Å². The van der Waals surface area contributed by atoms with Crippen LogP contribution in [0.15, 0.2) is 0 Å². The largest absolute Gasteiger partial charge is 0.343 e. The summed E-state index contributed by atoms with van der Waals surface area (Å²) in [6.45, 7) is 3.75. The van der Waals surface area contributed by atoms with Crippen LogP contribution in [0.25, 0.3) is 0 Å². The highest BCUT2D eigenvalue weighted by molar-refractivity contribution is 5.76. The van der Waals surface area contributed by atoms with E-state index in [9.17, 15) is 4.79 Å². The average molecular weight is 170 g/mol. The number of rotatable bonds is 2. The molecule has 1 aliphatic rings. The van der Waals surface area contributed by atoms with E-state index in [0.717, 1.165) is 25.9 Å². The molecule has 1 fully saturated rings. The van der Waals surface area contributed by atoms with Crippen molar-refractivity contribution >= 4 is 5.91 Å². The van der Waals surface area contributed by atoms with E-state index in [2.05, 4.69) is 0 Å². The van der Waals surface area contributed by atoms with Gasteiger partial charge < -0.3 is 10.6 Å². The lowest BCUT2D eigenvalue weighted by atomic mass is 10.1. The number of nitrogens with zero attached hydrogens (tertiary/aromatic N) is 1. The normalized spacial score (nSPS) is 20.7. The number of hydrogen-bond acceptors (Lipinski definition) is 2. The molecule has 0 radical (unpaired) electrons. The average Bonchev–Trinajstić information content (AvgIpc) is 2.05. The molecular weight excluding hydrogens is 152 g/mol. The molecule has 12 heavy (non-hydrogen) atoms. The topological polar surface area (TPSA) is 46.3 Å². The predicted molar refractivity (Wildman–Crippen MR) is 48.7 cm³/mol. The fraction of sp³-hybridized carbons (Fsp3) is 0.889. The van der Waals surface area contributed by atoms with Crippen LogP contribution >= 0.6 is 0 Å². The summed E-state index contributed by atoms with van der Waals surface area (Å²) in [5.74, 6) is 0.227. The highest BCUT2D eigenvalue weighted by atomic mass is 16.2. The third-order valence-electron chi connectivity index (χ3n) is 2.21. The predicted octanol–water partition coefficient (Wildman–Crippen LogP) is 0.736. The van der Waals surface area contributed by atoms with Crippen LogP contribution in [0.1, 0.15) is 32.6 Å². The fourth-order valence-electron chi connectivity index (χ4n) is 1.55. The third kappa shape index (κ3) is 2.81. The Morgan fingerprint density at radius 3 is 2.50 bits per heavy atom. The number of amides is 1. The molecule has 3 heteroatoms. The zero-order valence-electron chi connectivity index (χ0n) is 7.75. The molecule has 0 aromatic heterocycles. The van der Waals surface area contributed by atoms with Crippen LogP contribution in [0.2, 0.25) is 0 Å². The summed E-state index contributed by atoms with van der Waals surface area (Å²) >= 11 is 0. The van der Waals surface area contributed by atoms with Crippen molar-refractivity contribution in [1.82, 2.24) is 4.90 Å². The van der Waals surface area contributed by atoms with Crippen molar-refractivity contribution in [3.05, 3.63) is 0 Å². The summed E-state index contributed by atoms with van der Waals surface area (Å²) in [6.07, 6.45) is 4.08. The lowest BCUT2D eigenvalue weighted by molar-refractivity contribution is -0.132. The molecule has 0 aromatic carbocycles. The minimum atomic E-state index is -0.000531. The Bertz CT molecular complexity index is 151. The Morgan fingerprint density at radius 2 is 2.00 bits per heavy atom. The summed E-state index contributed by atoms with van der Waals surface area (Å²) in [7, 11) is 0. The molecule has 0 spiro atoms. The Morgan fingerprint density at radius 1 is 1.42 bits per heavy atom. The zero-order chi connectivity index (χ0) is 8.97. The van der Waals surface area contributed by atoms with Crippen LogP contribution in [0.5, 0.6) is 0 Å². The van der Waals surface area contributed by atoms with Crippen molar-refractivity contribution in [2.75, 3.05) is 13.1 Å². The van der Waals surface area contributed by atoms with Gasteiger partial charge in [0.2, 0.25) is 5.91 Å². The molecule has 0 bridgehead atoms. The number of likely N-dealkylation sites (tertiary alicyclic amines) is 1. The van der Waals surface area contributed by atoms with Crippen LogP contribution in [0, 0.1) is 0 Å². The van der Waals surface area contributed by atoms with Gasteiger partial charge in [0, 0.05) is 25.6 Å². The number of carbonyl (C=O) groups is 1. The van der Waals surface area contributed by atoms with E-state index in [-0.39, 0.29) is 11.9 Å². The van der Waals surface area contributed by atoms with E-state index in [0.29, 0.717) is 6.42 Å². The van der Waals surface area contributed by atoms with Crippen LogP contribution in [-0.4, -0.2) is 29.9 Å². The van der Waals surface area contributed by atoms with Gasteiger partial charge in [0.1, 0.15) is 0 Å². The Hall–Kier alpha value is -0.570.